The van der Waals surface area contributed by atoms with Crippen LogP contribution in [0.15, 0.2) is 12.1 Å². The maximum atomic E-state index is 13.6. The fraction of sp³-hybridized carbons (Fsp3) is 0.417. The zero-order valence-corrected chi connectivity index (χ0v) is 11.0. The highest BCUT2D eigenvalue weighted by Crippen LogP contribution is 2.32. The van der Waals surface area contributed by atoms with Crippen LogP contribution in [0.1, 0.15) is 0 Å². The molecule has 1 aromatic carbocycles. The van der Waals surface area contributed by atoms with E-state index in [0.29, 0.717) is 19.2 Å². The van der Waals surface area contributed by atoms with Crippen molar-refractivity contribution in [3.05, 3.63) is 33.9 Å². The number of nitrogens with zero attached hydrogens (tertiary/aromatic N) is 3. The first-order valence-corrected chi connectivity index (χ1v) is 6.21. The first-order valence-electron chi connectivity index (χ1n) is 6.21. The zero-order valence-electron chi connectivity index (χ0n) is 11.0. The average molecular weight is 301 g/mol. The molecule has 0 saturated carbocycles. The van der Waals surface area contributed by atoms with E-state index in [4.69, 9.17) is 5.11 Å². The number of piperazine rings is 1. The van der Waals surface area contributed by atoms with E-state index in [-0.39, 0.29) is 25.3 Å². The monoisotopic (exact) mass is 301 g/mol. The Kier molecular flexibility index (Phi) is 4.32. The lowest BCUT2D eigenvalue weighted by atomic mass is 10.2. The van der Waals surface area contributed by atoms with Crippen molar-refractivity contribution in [2.45, 2.75) is 0 Å². The highest BCUT2D eigenvalue weighted by atomic mass is 19.1. The molecular weight excluding hydrogens is 288 g/mol. The van der Waals surface area contributed by atoms with Crippen LogP contribution < -0.4 is 4.90 Å². The summed E-state index contributed by atoms with van der Waals surface area (Å²) in [4.78, 5) is 23.8. The van der Waals surface area contributed by atoms with E-state index in [0.717, 1.165) is 6.07 Å². The first-order chi connectivity index (χ1) is 9.88. The van der Waals surface area contributed by atoms with Crippen LogP contribution in [0, 0.1) is 21.7 Å². The van der Waals surface area contributed by atoms with Crippen molar-refractivity contribution in [2.24, 2.45) is 0 Å². The summed E-state index contributed by atoms with van der Waals surface area (Å²) in [7, 11) is 0. The van der Waals surface area contributed by atoms with E-state index in [9.17, 15) is 23.7 Å². The van der Waals surface area contributed by atoms with Crippen molar-refractivity contribution in [2.75, 3.05) is 37.6 Å². The second-order valence-corrected chi connectivity index (χ2v) is 4.67. The molecule has 1 aliphatic rings. The molecule has 0 spiro atoms. The van der Waals surface area contributed by atoms with Gasteiger partial charge in [0.2, 0.25) is 5.82 Å². The van der Waals surface area contributed by atoms with E-state index < -0.39 is 28.2 Å². The molecule has 1 saturated heterocycles. The summed E-state index contributed by atoms with van der Waals surface area (Å²) < 4.78 is 26.9. The Morgan fingerprint density at radius 2 is 1.90 bits per heavy atom. The molecule has 1 fully saturated rings. The van der Waals surface area contributed by atoms with Crippen molar-refractivity contribution >= 4 is 17.3 Å². The van der Waals surface area contributed by atoms with Gasteiger partial charge in [-0.2, -0.15) is 4.39 Å². The van der Waals surface area contributed by atoms with Crippen LogP contribution in [-0.2, 0) is 4.79 Å². The van der Waals surface area contributed by atoms with Gasteiger partial charge in [-0.1, -0.05) is 0 Å². The van der Waals surface area contributed by atoms with Gasteiger partial charge in [0.05, 0.1) is 11.5 Å². The molecule has 0 aromatic heterocycles. The van der Waals surface area contributed by atoms with E-state index in [1.54, 1.807) is 4.90 Å². The van der Waals surface area contributed by atoms with Crippen LogP contribution in [0.4, 0.5) is 20.2 Å². The number of halogens is 2. The standard InChI is InChI=1S/C12H13F2N3O4/c13-8-5-9(14)12(17(20)21)10(6-8)16-3-1-15(2-4-16)7-11(18)19/h5-6H,1-4,7H2,(H,18,19). The molecule has 1 aliphatic heterocycles. The summed E-state index contributed by atoms with van der Waals surface area (Å²) in [6, 6.07) is 1.40. The van der Waals surface area contributed by atoms with E-state index in [1.807, 2.05) is 0 Å². The van der Waals surface area contributed by atoms with Crippen molar-refractivity contribution < 1.29 is 23.6 Å². The van der Waals surface area contributed by atoms with Crippen molar-refractivity contribution in [1.29, 1.82) is 0 Å². The number of aliphatic carboxylic acids is 1. The molecule has 0 aliphatic carbocycles. The number of nitro benzene ring substituents is 1. The Morgan fingerprint density at radius 3 is 2.43 bits per heavy atom. The average Bonchev–Trinajstić information content (AvgIpc) is 2.37. The largest absolute Gasteiger partial charge is 0.480 e. The number of benzene rings is 1. The molecular formula is C12H13F2N3O4. The van der Waals surface area contributed by atoms with Crippen LogP contribution in [-0.4, -0.2) is 53.6 Å². The summed E-state index contributed by atoms with van der Waals surface area (Å²) in [5.74, 6) is -3.07. The van der Waals surface area contributed by atoms with Crippen LogP contribution >= 0.6 is 0 Å². The van der Waals surface area contributed by atoms with Gasteiger partial charge in [0, 0.05) is 38.3 Å². The number of rotatable bonds is 4. The van der Waals surface area contributed by atoms with Gasteiger partial charge < -0.3 is 10.0 Å². The minimum atomic E-state index is -1.22. The molecule has 1 N–H and O–H groups in total. The van der Waals surface area contributed by atoms with Crippen molar-refractivity contribution in [3.63, 3.8) is 0 Å². The molecule has 0 bridgehead atoms. The van der Waals surface area contributed by atoms with Crippen LogP contribution in [0.5, 0.6) is 0 Å². The zero-order chi connectivity index (χ0) is 15.6. The van der Waals surface area contributed by atoms with Gasteiger partial charge in [-0.3, -0.25) is 19.8 Å². The molecule has 21 heavy (non-hydrogen) atoms. The Bertz CT molecular complexity index is 574. The fourth-order valence-corrected chi connectivity index (χ4v) is 2.31. The molecule has 0 amide bonds. The third-order valence-corrected chi connectivity index (χ3v) is 3.26. The van der Waals surface area contributed by atoms with Gasteiger partial charge in [0.15, 0.2) is 0 Å². The second-order valence-electron chi connectivity index (χ2n) is 4.67. The van der Waals surface area contributed by atoms with Crippen molar-refractivity contribution in [1.82, 2.24) is 4.90 Å². The number of hydrogen-bond acceptors (Lipinski definition) is 5. The minimum absolute atomic E-state index is 0.118. The number of hydrogen-bond donors (Lipinski definition) is 1. The first kappa shape index (κ1) is 15.1. The van der Waals surface area contributed by atoms with Gasteiger partial charge in [-0.05, 0) is 0 Å². The van der Waals surface area contributed by atoms with E-state index in [2.05, 4.69) is 0 Å². The number of carbonyl (C=O) groups is 1. The number of nitro groups is 1. The van der Waals surface area contributed by atoms with Gasteiger partial charge in [0.25, 0.3) is 0 Å². The molecule has 7 nitrogen and oxygen atoms in total. The molecule has 9 heteroatoms. The maximum Gasteiger partial charge on any atom is 0.328 e. The fourth-order valence-electron chi connectivity index (χ4n) is 2.31. The second kappa shape index (κ2) is 6.00. The SMILES string of the molecule is O=C(O)CN1CCN(c2cc(F)cc(F)c2[N+](=O)[O-])CC1. The van der Waals surface area contributed by atoms with Crippen LogP contribution in [0.3, 0.4) is 0 Å². The summed E-state index contributed by atoms with van der Waals surface area (Å²) in [6.45, 7) is 1.09. The lowest BCUT2D eigenvalue weighted by molar-refractivity contribution is -0.386. The number of anilines is 1. The van der Waals surface area contributed by atoms with Gasteiger partial charge >= 0.3 is 11.7 Å². The summed E-state index contributed by atoms with van der Waals surface area (Å²) in [6.07, 6.45) is 0. The summed E-state index contributed by atoms with van der Waals surface area (Å²) >= 11 is 0. The van der Waals surface area contributed by atoms with Crippen molar-refractivity contribution in [3.8, 4) is 0 Å². The Balaban J connectivity index is 2.20. The summed E-state index contributed by atoms with van der Waals surface area (Å²) in [5.41, 5.74) is -0.879. The van der Waals surface area contributed by atoms with Gasteiger partial charge in [-0.25, -0.2) is 4.39 Å². The van der Waals surface area contributed by atoms with Crippen LogP contribution in [0.2, 0.25) is 0 Å². The minimum Gasteiger partial charge on any atom is -0.480 e. The Labute approximate surface area is 118 Å². The summed E-state index contributed by atoms with van der Waals surface area (Å²) in [5, 5.41) is 19.6. The predicted molar refractivity (Wildman–Crippen MR) is 69.3 cm³/mol. The van der Waals surface area contributed by atoms with Gasteiger partial charge in [-0.15, -0.1) is 0 Å². The topological polar surface area (TPSA) is 86.9 Å². The third kappa shape index (κ3) is 3.43. The molecule has 114 valence electrons. The molecule has 1 heterocycles. The molecule has 0 atom stereocenters. The number of carboxylic acid groups (broad SMARTS) is 1. The molecule has 1 aromatic rings. The smallest absolute Gasteiger partial charge is 0.328 e. The van der Waals surface area contributed by atoms with Crippen LogP contribution in [0.25, 0.3) is 0 Å². The molecule has 0 unspecified atom stereocenters. The van der Waals surface area contributed by atoms with E-state index in [1.165, 1.54) is 4.90 Å². The third-order valence-electron chi connectivity index (χ3n) is 3.26. The lowest BCUT2D eigenvalue weighted by Crippen LogP contribution is -2.48. The Morgan fingerprint density at radius 1 is 1.29 bits per heavy atom. The normalized spacial score (nSPS) is 16.0. The molecule has 0 radical (unpaired) electrons. The predicted octanol–water partition coefficient (Wildman–Crippen LogP) is 1.08. The quantitative estimate of drug-likeness (QED) is 0.661. The highest BCUT2D eigenvalue weighted by molar-refractivity contribution is 5.69. The van der Waals surface area contributed by atoms with Gasteiger partial charge in [0.1, 0.15) is 11.5 Å². The lowest BCUT2D eigenvalue weighted by Gasteiger charge is -2.34. The highest BCUT2D eigenvalue weighted by Gasteiger charge is 2.28. The molecule has 2 rings (SSSR count). The maximum absolute atomic E-state index is 13.6. The number of carboxylic acids is 1. The van der Waals surface area contributed by atoms with E-state index >= 15 is 0 Å². The Hall–Kier alpha value is -2.29.